The topological polar surface area (TPSA) is 67.9 Å². The molecule has 1 aromatic carbocycles. The van der Waals surface area contributed by atoms with E-state index in [1.54, 1.807) is 7.11 Å². The summed E-state index contributed by atoms with van der Waals surface area (Å²) in [6.45, 7) is 0.791. The summed E-state index contributed by atoms with van der Waals surface area (Å²) in [4.78, 5) is 8.92. The van der Waals surface area contributed by atoms with Gasteiger partial charge in [0.25, 0.3) is 0 Å². The van der Waals surface area contributed by atoms with Crippen molar-refractivity contribution in [2.45, 2.75) is 25.7 Å². The van der Waals surface area contributed by atoms with Gasteiger partial charge in [-0.2, -0.15) is 0 Å². The molecule has 3 rings (SSSR count). The number of aliphatic imine (C=N–C) groups is 1. The quantitative estimate of drug-likeness (QED) is 0.938. The lowest BCUT2D eigenvalue weighted by Crippen LogP contribution is -2.01. The second-order valence-corrected chi connectivity index (χ2v) is 5.04. The molecule has 1 aliphatic heterocycles. The molecule has 0 amide bonds. The highest BCUT2D eigenvalue weighted by Gasteiger charge is 2.19. The number of rotatable bonds is 3. The normalized spacial score (nSPS) is 15.4. The lowest BCUT2D eigenvalue weighted by Gasteiger charge is -1.99. The summed E-state index contributed by atoms with van der Waals surface area (Å²) >= 11 is 0. The summed E-state index contributed by atoms with van der Waals surface area (Å²) in [5, 5.41) is 10.0. The molecule has 0 radical (unpaired) electrons. The number of ether oxygens (including phenoxy) is 1. The Bertz CT molecular complexity index is 644. The first-order valence-electron chi connectivity index (χ1n) is 7.16. The number of hydrogen-bond donors (Lipinski definition) is 1. The SMILES string of the molecule is COc1ccc(-c2nc(C3=NCCCCC3)c(O)o2)cc1. The zero-order valence-corrected chi connectivity index (χ0v) is 12.0. The number of nitrogens with zero attached hydrogens (tertiary/aromatic N) is 2. The Morgan fingerprint density at radius 2 is 1.95 bits per heavy atom. The first kappa shape index (κ1) is 13.7. The average molecular weight is 286 g/mol. The Labute approximate surface area is 123 Å². The van der Waals surface area contributed by atoms with E-state index in [9.17, 15) is 5.11 Å². The van der Waals surface area contributed by atoms with Gasteiger partial charge in [-0.15, -0.1) is 0 Å². The summed E-state index contributed by atoms with van der Waals surface area (Å²) in [6, 6.07) is 7.37. The molecule has 0 bridgehead atoms. The van der Waals surface area contributed by atoms with Crippen LogP contribution in [0.4, 0.5) is 0 Å². The van der Waals surface area contributed by atoms with Crippen LogP contribution >= 0.6 is 0 Å². The number of methoxy groups -OCH3 is 1. The van der Waals surface area contributed by atoms with Gasteiger partial charge < -0.3 is 14.3 Å². The summed E-state index contributed by atoms with van der Waals surface area (Å²) in [6.07, 6.45) is 4.16. The van der Waals surface area contributed by atoms with Gasteiger partial charge in [0.05, 0.1) is 12.8 Å². The number of aromatic hydroxyl groups is 1. The molecule has 21 heavy (non-hydrogen) atoms. The lowest BCUT2D eigenvalue weighted by molar-refractivity contribution is 0.336. The minimum absolute atomic E-state index is 0.151. The van der Waals surface area contributed by atoms with Crippen LogP contribution in [0.5, 0.6) is 11.7 Å². The summed E-state index contributed by atoms with van der Waals surface area (Å²) in [5.74, 6) is 1.02. The van der Waals surface area contributed by atoms with Gasteiger partial charge in [-0.25, -0.2) is 4.98 Å². The van der Waals surface area contributed by atoms with Crippen LogP contribution in [0.25, 0.3) is 11.5 Å². The standard InChI is InChI=1S/C16H18N2O3/c1-20-12-8-6-11(7-9-12)15-18-14(16(19)21-15)13-5-3-2-4-10-17-13/h6-9,19H,2-5,10H2,1H3. The highest BCUT2D eigenvalue weighted by molar-refractivity contribution is 6.01. The van der Waals surface area contributed by atoms with Crippen LogP contribution in [0.2, 0.25) is 0 Å². The van der Waals surface area contributed by atoms with Crippen molar-refractivity contribution in [3.8, 4) is 23.1 Å². The van der Waals surface area contributed by atoms with Crippen LogP contribution in [0, 0.1) is 0 Å². The summed E-state index contributed by atoms with van der Waals surface area (Å²) < 4.78 is 10.5. The fraction of sp³-hybridized carbons (Fsp3) is 0.375. The van der Waals surface area contributed by atoms with Crippen molar-refractivity contribution in [1.82, 2.24) is 4.98 Å². The van der Waals surface area contributed by atoms with E-state index in [0.717, 1.165) is 49.3 Å². The fourth-order valence-corrected chi connectivity index (χ4v) is 2.42. The number of aromatic nitrogens is 1. The zero-order valence-electron chi connectivity index (χ0n) is 12.0. The third-order valence-electron chi connectivity index (χ3n) is 3.59. The molecular formula is C16H18N2O3. The largest absolute Gasteiger partial charge is 0.497 e. The Hall–Kier alpha value is -2.30. The molecule has 110 valence electrons. The van der Waals surface area contributed by atoms with Gasteiger partial charge in [0.15, 0.2) is 5.69 Å². The maximum absolute atomic E-state index is 10.0. The van der Waals surface area contributed by atoms with Crippen LogP contribution in [-0.2, 0) is 0 Å². The van der Waals surface area contributed by atoms with Gasteiger partial charge in [0, 0.05) is 12.1 Å². The average Bonchev–Trinajstić information content (AvgIpc) is 2.74. The number of oxazole rings is 1. The van der Waals surface area contributed by atoms with E-state index in [0.29, 0.717) is 11.6 Å². The predicted molar refractivity (Wildman–Crippen MR) is 80.0 cm³/mol. The fourth-order valence-electron chi connectivity index (χ4n) is 2.42. The van der Waals surface area contributed by atoms with Gasteiger partial charge in [0.1, 0.15) is 5.75 Å². The molecular weight excluding hydrogens is 268 g/mol. The Balaban J connectivity index is 1.91. The van der Waals surface area contributed by atoms with Crippen LogP contribution in [0.1, 0.15) is 31.4 Å². The van der Waals surface area contributed by atoms with Gasteiger partial charge >= 0.3 is 5.95 Å². The molecule has 5 heteroatoms. The summed E-state index contributed by atoms with van der Waals surface area (Å²) in [5.41, 5.74) is 2.11. The van der Waals surface area contributed by atoms with Crippen molar-refractivity contribution in [3.05, 3.63) is 30.0 Å². The molecule has 1 aromatic heterocycles. The minimum Gasteiger partial charge on any atom is -0.497 e. The molecule has 0 aliphatic carbocycles. The van der Waals surface area contributed by atoms with Crippen molar-refractivity contribution < 1.29 is 14.3 Å². The number of benzene rings is 1. The van der Waals surface area contributed by atoms with Crippen LogP contribution in [0.3, 0.4) is 0 Å². The van der Waals surface area contributed by atoms with Crippen LogP contribution in [-0.4, -0.2) is 29.5 Å². The molecule has 0 unspecified atom stereocenters. The molecule has 5 nitrogen and oxygen atoms in total. The van der Waals surface area contributed by atoms with Crippen molar-refractivity contribution in [2.24, 2.45) is 4.99 Å². The van der Waals surface area contributed by atoms with Gasteiger partial charge in [-0.1, -0.05) is 6.42 Å². The van der Waals surface area contributed by atoms with Crippen molar-refractivity contribution in [1.29, 1.82) is 0 Å². The van der Waals surface area contributed by atoms with Crippen LogP contribution < -0.4 is 4.74 Å². The lowest BCUT2D eigenvalue weighted by atomic mass is 10.1. The first-order valence-corrected chi connectivity index (χ1v) is 7.16. The molecule has 0 saturated carbocycles. The molecule has 2 aromatic rings. The van der Waals surface area contributed by atoms with Crippen LogP contribution in [0.15, 0.2) is 33.7 Å². The molecule has 2 heterocycles. The highest BCUT2D eigenvalue weighted by atomic mass is 16.5. The second-order valence-electron chi connectivity index (χ2n) is 5.04. The Morgan fingerprint density at radius 3 is 2.71 bits per heavy atom. The van der Waals surface area contributed by atoms with E-state index in [4.69, 9.17) is 9.15 Å². The maximum atomic E-state index is 10.0. The van der Waals surface area contributed by atoms with Gasteiger partial charge in [-0.3, -0.25) is 4.99 Å². The maximum Gasteiger partial charge on any atom is 0.312 e. The van der Waals surface area contributed by atoms with E-state index < -0.39 is 0 Å². The third kappa shape index (κ3) is 2.91. The monoisotopic (exact) mass is 286 g/mol. The van der Waals surface area contributed by atoms with E-state index >= 15 is 0 Å². The number of hydrogen-bond acceptors (Lipinski definition) is 5. The van der Waals surface area contributed by atoms with Crippen molar-refractivity contribution >= 4 is 5.71 Å². The smallest absolute Gasteiger partial charge is 0.312 e. The zero-order chi connectivity index (χ0) is 14.7. The van der Waals surface area contributed by atoms with E-state index in [2.05, 4.69) is 9.98 Å². The molecule has 0 fully saturated rings. The van der Waals surface area contributed by atoms with Crippen molar-refractivity contribution in [3.63, 3.8) is 0 Å². The van der Waals surface area contributed by atoms with E-state index in [-0.39, 0.29) is 5.95 Å². The Kier molecular flexibility index (Phi) is 3.90. The third-order valence-corrected chi connectivity index (χ3v) is 3.59. The van der Waals surface area contributed by atoms with Gasteiger partial charge in [-0.05, 0) is 43.5 Å². The van der Waals surface area contributed by atoms with Gasteiger partial charge in [0.2, 0.25) is 5.89 Å². The van der Waals surface area contributed by atoms with Crippen molar-refractivity contribution in [2.75, 3.05) is 13.7 Å². The minimum atomic E-state index is -0.151. The predicted octanol–water partition coefficient (Wildman–Crippen LogP) is 3.42. The molecule has 0 saturated heterocycles. The second kappa shape index (κ2) is 5.99. The first-order chi connectivity index (χ1) is 10.3. The molecule has 0 atom stereocenters. The molecule has 1 aliphatic rings. The summed E-state index contributed by atoms with van der Waals surface area (Å²) in [7, 11) is 1.62. The van der Waals surface area contributed by atoms with E-state index in [1.807, 2.05) is 24.3 Å². The Morgan fingerprint density at radius 1 is 1.14 bits per heavy atom. The molecule has 0 spiro atoms. The highest BCUT2D eigenvalue weighted by Crippen LogP contribution is 2.29. The molecule has 1 N–H and O–H groups in total. The van der Waals surface area contributed by atoms with E-state index in [1.165, 1.54) is 0 Å².